The Kier molecular flexibility index (Phi) is 3.45. The van der Waals surface area contributed by atoms with Gasteiger partial charge in [0.2, 0.25) is 10.0 Å². The van der Waals surface area contributed by atoms with Crippen molar-refractivity contribution < 1.29 is 8.42 Å². The average molecular weight is 249 g/mol. The lowest BCUT2D eigenvalue weighted by Gasteiger charge is -2.04. The van der Waals surface area contributed by atoms with Crippen LogP contribution in [0.5, 0.6) is 0 Å². The van der Waals surface area contributed by atoms with Crippen molar-refractivity contribution in [2.45, 2.75) is 6.42 Å². The van der Waals surface area contributed by atoms with E-state index in [-0.39, 0.29) is 0 Å². The second-order valence-electron chi connectivity index (χ2n) is 4.10. The third-order valence-corrected chi connectivity index (χ3v) is 3.32. The smallest absolute Gasteiger partial charge is 0.208 e. The van der Waals surface area contributed by atoms with Crippen molar-refractivity contribution in [3.63, 3.8) is 0 Å². The Bertz CT molecular complexity index is 620. The molecule has 0 spiro atoms. The van der Waals surface area contributed by atoms with Crippen LogP contribution in [0.4, 0.5) is 0 Å². The van der Waals surface area contributed by atoms with E-state index in [9.17, 15) is 8.42 Å². The molecular formula is C13H15NO2S. The molecule has 2 rings (SSSR count). The van der Waals surface area contributed by atoms with Crippen LogP contribution in [0.25, 0.3) is 10.8 Å². The van der Waals surface area contributed by atoms with Crippen molar-refractivity contribution in [3.8, 4) is 0 Å². The van der Waals surface area contributed by atoms with Crippen LogP contribution in [0.1, 0.15) is 5.56 Å². The first-order valence-corrected chi connectivity index (χ1v) is 7.36. The van der Waals surface area contributed by atoms with E-state index < -0.39 is 10.0 Å². The SMILES string of the molecule is CS(=O)(=O)NCCc1ccc2ccccc2c1. The summed E-state index contributed by atoms with van der Waals surface area (Å²) in [5.41, 5.74) is 1.14. The lowest BCUT2D eigenvalue weighted by Crippen LogP contribution is -2.24. The highest BCUT2D eigenvalue weighted by atomic mass is 32.2. The van der Waals surface area contributed by atoms with Gasteiger partial charge in [-0.05, 0) is 22.8 Å². The molecule has 0 atom stereocenters. The number of fused-ring (bicyclic) bond motifs is 1. The molecule has 0 saturated heterocycles. The molecule has 0 radical (unpaired) electrons. The minimum absolute atomic E-state index is 0.442. The van der Waals surface area contributed by atoms with E-state index in [0.717, 1.165) is 5.56 Å². The number of rotatable bonds is 4. The largest absolute Gasteiger partial charge is 0.215 e. The molecule has 0 saturated carbocycles. The summed E-state index contributed by atoms with van der Waals surface area (Å²) in [4.78, 5) is 0. The first-order valence-electron chi connectivity index (χ1n) is 5.47. The maximum absolute atomic E-state index is 10.9. The van der Waals surface area contributed by atoms with Gasteiger partial charge in [-0.25, -0.2) is 13.1 Å². The van der Waals surface area contributed by atoms with Crippen LogP contribution in [0, 0.1) is 0 Å². The molecule has 90 valence electrons. The number of benzene rings is 2. The van der Waals surface area contributed by atoms with Crippen LogP contribution in [-0.2, 0) is 16.4 Å². The van der Waals surface area contributed by atoms with E-state index in [4.69, 9.17) is 0 Å². The van der Waals surface area contributed by atoms with Crippen molar-refractivity contribution in [3.05, 3.63) is 48.0 Å². The van der Waals surface area contributed by atoms with Crippen LogP contribution in [0.2, 0.25) is 0 Å². The van der Waals surface area contributed by atoms with Crippen LogP contribution >= 0.6 is 0 Å². The molecule has 0 aliphatic rings. The zero-order valence-corrected chi connectivity index (χ0v) is 10.5. The van der Waals surface area contributed by atoms with Gasteiger partial charge in [0.1, 0.15) is 0 Å². The monoisotopic (exact) mass is 249 g/mol. The zero-order chi connectivity index (χ0) is 12.3. The Morgan fingerprint density at radius 1 is 1.06 bits per heavy atom. The van der Waals surface area contributed by atoms with Gasteiger partial charge in [0.15, 0.2) is 0 Å². The third kappa shape index (κ3) is 3.54. The normalized spacial score (nSPS) is 11.8. The van der Waals surface area contributed by atoms with E-state index in [1.807, 2.05) is 18.2 Å². The standard InChI is InChI=1S/C13H15NO2S/c1-17(15,16)14-9-8-11-6-7-12-4-2-3-5-13(12)10-11/h2-7,10,14H,8-9H2,1H3. The highest BCUT2D eigenvalue weighted by molar-refractivity contribution is 7.88. The number of sulfonamides is 1. The van der Waals surface area contributed by atoms with Crippen molar-refractivity contribution in [2.24, 2.45) is 0 Å². The second kappa shape index (κ2) is 4.85. The molecule has 2 aromatic carbocycles. The molecule has 0 fully saturated rings. The van der Waals surface area contributed by atoms with Crippen LogP contribution in [0.3, 0.4) is 0 Å². The van der Waals surface area contributed by atoms with Gasteiger partial charge in [-0.15, -0.1) is 0 Å². The number of nitrogens with one attached hydrogen (secondary N) is 1. The second-order valence-corrected chi connectivity index (χ2v) is 5.93. The van der Waals surface area contributed by atoms with Crippen LogP contribution in [-0.4, -0.2) is 21.2 Å². The summed E-state index contributed by atoms with van der Waals surface area (Å²) < 4.78 is 24.3. The molecule has 17 heavy (non-hydrogen) atoms. The number of hydrogen-bond acceptors (Lipinski definition) is 2. The minimum atomic E-state index is -3.09. The highest BCUT2D eigenvalue weighted by Crippen LogP contribution is 2.15. The van der Waals surface area contributed by atoms with Gasteiger partial charge in [-0.2, -0.15) is 0 Å². The Labute approximate surface area is 102 Å². The van der Waals surface area contributed by atoms with E-state index in [1.54, 1.807) is 0 Å². The minimum Gasteiger partial charge on any atom is -0.215 e. The van der Waals surface area contributed by atoms with E-state index >= 15 is 0 Å². The summed E-state index contributed by atoms with van der Waals surface area (Å²) in [6.07, 6.45) is 1.88. The van der Waals surface area contributed by atoms with Gasteiger partial charge in [-0.1, -0.05) is 42.5 Å². The molecule has 4 heteroatoms. The Balaban J connectivity index is 2.09. The maximum Gasteiger partial charge on any atom is 0.208 e. The predicted octanol–water partition coefficient (Wildman–Crippen LogP) is 1.93. The average Bonchev–Trinajstić information content (AvgIpc) is 2.27. The lowest BCUT2D eigenvalue weighted by molar-refractivity contribution is 0.588. The number of hydrogen-bond donors (Lipinski definition) is 1. The topological polar surface area (TPSA) is 46.2 Å². The van der Waals surface area contributed by atoms with Gasteiger partial charge in [0.25, 0.3) is 0 Å². The summed E-state index contributed by atoms with van der Waals surface area (Å²) >= 11 is 0. The van der Waals surface area contributed by atoms with E-state index in [1.165, 1.54) is 17.0 Å². The quantitative estimate of drug-likeness (QED) is 0.900. The fourth-order valence-electron chi connectivity index (χ4n) is 1.78. The highest BCUT2D eigenvalue weighted by Gasteiger charge is 2.00. The van der Waals surface area contributed by atoms with E-state index in [0.29, 0.717) is 13.0 Å². The van der Waals surface area contributed by atoms with Crippen molar-refractivity contribution in [2.75, 3.05) is 12.8 Å². The summed E-state index contributed by atoms with van der Waals surface area (Å²) in [6.45, 7) is 0.442. The van der Waals surface area contributed by atoms with Gasteiger partial charge < -0.3 is 0 Å². The van der Waals surface area contributed by atoms with Crippen molar-refractivity contribution in [1.29, 1.82) is 0 Å². The molecule has 0 heterocycles. The molecule has 0 aromatic heterocycles. The van der Waals surface area contributed by atoms with Crippen LogP contribution < -0.4 is 4.72 Å². The molecule has 3 nitrogen and oxygen atoms in total. The Hall–Kier alpha value is -1.39. The van der Waals surface area contributed by atoms with Gasteiger partial charge >= 0.3 is 0 Å². The fourth-order valence-corrected chi connectivity index (χ4v) is 2.25. The fraction of sp³-hybridized carbons (Fsp3) is 0.231. The Morgan fingerprint density at radius 3 is 2.47 bits per heavy atom. The summed E-state index contributed by atoms with van der Waals surface area (Å²) in [7, 11) is -3.09. The van der Waals surface area contributed by atoms with Gasteiger partial charge in [-0.3, -0.25) is 0 Å². The van der Waals surface area contributed by atoms with Gasteiger partial charge in [0.05, 0.1) is 6.26 Å². The van der Waals surface area contributed by atoms with Crippen molar-refractivity contribution in [1.82, 2.24) is 4.72 Å². The maximum atomic E-state index is 10.9. The lowest BCUT2D eigenvalue weighted by atomic mass is 10.1. The predicted molar refractivity (Wildman–Crippen MR) is 70.5 cm³/mol. The first-order chi connectivity index (χ1) is 8.04. The molecule has 0 amide bonds. The zero-order valence-electron chi connectivity index (χ0n) is 9.68. The molecule has 0 unspecified atom stereocenters. The van der Waals surface area contributed by atoms with Crippen LogP contribution in [0.15, 0.2) is 42.5 Å². The molecule has 2 aromatic rings. The first kappa shape index (κ1) is 12.1. The summed E-state index contributed by atoms with van der Waals surface area (Å²) in [6, 6.07) is 14.3. The van der Waals surface area contributed by atoms with Crippen molar-refractivity contribution >= 4 is 20.8 Å². The molecule has 0 aliphatic carbocycles. The Morgan fingerprint density at radius 2 is 1.76 bits per heavy atom. The summed E-state index contributed by atoms with van der Waals surface area (Å²) in [5, 5.41) is 2.39. The molecule has 0 bridgehead atoms. The molecule has 1 N–H and O–H groups in total. The molecule has 0 aliphatic heterocycles. The van der Waals surface area contributed by atoms with E-state index in [2.05, 4.69) is 29.0 Å². The van der Waals surface area contributed by atoms with Gasteiger partial charge in [0, 0.05) is 6.54 Å². The summed E-state index contributed by atoms with van der Waals surface area (Å²) in [5.74, 6) is 0. The third-order valence-electron chi connectivity index (χ3n) is 2.59. The molecular weight excluding hydrogens is 234 g/mol.